The summed E-state index contributed by atoms with van der Waals surface area (Å²) in [6.07, 6.45) is 0.571. The van der Waals surface area contributed by atoms with Crippen molar-refractivity contribution >= 4 is 5.78 Å². The van der Waals surface area contributed by atoms with Crippen LogP contribution >= 0.6 is 0 Å². The highest BCUT2D eigenvalue weighted by Gasteiger charge is 2.19. The summed E-state index contributed by atoms with van der Waals surface area (Å²) >= 11 is 0. The van der Waals surface area contributed by atoms with E-state index in [1.807, 2.05) is 39.8 Å². The lowest BCUT2D eigenvalue weighted by Gasteiger charge is -2.11. The summed E-state index contributed by atoms with van der Waals surface area (Å²) in [6.45, 7) is 7.79. The molecule has 0 aliphatic heterocycles. The van der Waals surface area contributed by atoms with Crippen LogP contribution in [0.15, 0.2) is 12.1 Å². The molecule has 1 atom stereocenters. The number of aryl methyl sites for hydroxylation is 3. The molecule has 1 aromatic rings. The van der Waals surface area contributed by atoms with Gasteiger partial charge in [0.25, 0.3) is 0 Å². The predicted molar refractivity (Wildman–Crippen MR) is 64.4 cm³/mol. The zero-order valence-electron chi connectivity index (χ0n) is 10.3. The third-order valence-corrected chi connectivity index (χ3v) is 2.99. The number of nitrogens with zero attached hydrogens (tertiary/aromatic N) is 1. The van der Waals surface area contributed by atoms with Crippen LogP contribution in [-0.2, 0) is 0 Å². The van der Waals surface area contributed by atoms with Crippen molar-refractivity contribution in [3.05, 3.63) is 34.4 Å². The van der Waals surface area contributed by atoms with Crippen LogP contribution in [-0.4, -0.2) is 5.78 Å². The van der Waals surface area contributed by atoms with Gasteiger partial charge in [-0.2, -0.15) is 5.26 Å². The molecule has 0 amide bonds. The summed E-state index contributed by atoms with van der Waals surface area (Å²) in [4.78, 5) is 12.1. The Balaban J connectivity index is 3.20. The Labute approximate surface area is 96.9 Å². The molecule has 0 bridgehead atoms. The number of Topliss-reactive ketones (excluding diaryl/α,β-unsaturated/α-hetero) is 1. The third kappa shape index (κ3) is 2.30. The first-order valence-electron chi connectivity index (χ1n) is 5.53. The number of ketones is 1. The van der Waals surface area contributed by atoms with Crippen molar-refractivity contribution in [1.29, 1.82) is 5.26 Å². The van der Waals surface area contributed by atoms with Gasteiger partial charge in [0, 0.05) is 5.56 Å². The van der Waals surface area contributed by atoms with Gasteiger partial charge in [0.1, 0.15) is 5.92 Å². The molecule has 0 spiro atoms. The van der Waals surface area contributed by atoms with Crippen LogP contribution in [0.2, 0.25) is 0 Å². The average molecular weight is 215 g/mol. The van der Waals surface area contributed by atoms with E-state index in [1.54, 1.807) is 0 Å². The van der Waals surface area contributed by atoms with Gasteiger partial charge in [-0.25, -0.2) is 0 Å². The molecule has 0 radical (unpaired) electrons. The number of nitriles is 1. The van der Waals surface area contributed by atoms with Gasteiger partial charge in [-0.3, -0.25) is 4.79 Å². The maximum absolute atomic E-state index is 12.1. The van der Waals surface area contributed by atoms with Crippen LogP contribution in [0, 0.1) is 38.0 Å². The molecule has 0 fully saturated rings. The number of carbonyl (C=O) groups is 1. The molecule has 0 saturated heterocycles. The van der Waals surface area contributed by atoms with Crippen LogP contribution in [0.5, 0.6) is 0 Å². The van der Waals surface area contributed by atoms with E-state index in [2.05, 4.69) is 6.07 Å². The van der Waals surface area contributed by atoms with Crippen LogP contribution in [0.3, 0.4) is 0 Å². The molecule has 0 saturated carbocycles. The van der Waals surface area contributed by atoms with Gasteiger partial charge in [-0.05, 0) is 49.9 Å². The zero-order valence-corrected chi connectivity index (χ0v) is 10.3. The van der Waals surface area contributed by atoms with Gasteiger partial charge < -0.3 is 0 Å². The van der Waals surface area contributed by atoms with Crippen molar-refractivity contribution < 1.29 is 4.79 Å². The Morgan fingerprint density at radius 3 is 2.31 bits per heavy atom. The molecular weight excluding hydrogens is 198 g/mol. The summed E-state index contributed by atoms with van der Waals surface area (Å²) < 4.78 is 0. The fourth-order valence-corrected chi connectivity index (χ4v) is 1.75. The van der Waals surface area contributed by atoms with Gasteiger partial charge in [0.2, 0.25) is 0 Å². The Kier molecular flexibility index (Phi) is 3.84. The quantitative estimate of drug-likeness (QED) is 0.725. The van der Waals surface area contributed by atoms with Gasteiger partial charge in [0.05, 0.1) is 6.07 Å². The number of rotatable bonds is 3. The van der Waals surface area contributed by atoms with Crippen molar-refractivity contribution in [2.24, 2.45) is 5.92 Å². The summed E-state index contributed by atoms with van der Waals surface area (Å²) in [5, 5.41) is 8.90. The fraction of sp³-hybridized carbons (Fsp3) is 0.429. The van der Waals surface area contributed by atoms with Gasteiger partial charge in [-0.15, -0.1) is 0 Å². The molecular formula is C14H17NO. The van der Waals surface area contributed by atoms with E-state index >= 15 is 0 Å². The SMILES string of the molecule is CCC(C#N)C(=O)c1cc(C)c(C)cc1C. The second kappa shape index (κ2) is 4.94. The largest absolute Gasteiger partial charge is 0.293 e. The van der Waals surface area contributed by atoms with Crippen molar-refractivity contribution in [2.45, 2.75) is 34.1 Å². The minimum Gasteiger partial charge on any atom is -0.293 e. The molecule has 2 heteroatoms. The Hall–Kier alpha value is -1.62. The van der Waals surface area contributed by atoms with Crippen molar-refractivity contribution in [3.63, 3.8) is 0 Å². The summed E-state index contributed by atoms with van der Waals surface area (Å²) in [5.41, 5.74) is 3.93. The molecule has 2 nitrogen and oxygen atoms in total. The maximum atomic E-state index is 12.1. The van der Waals surface area contributed by atoms with Gasteiger partial charge in [0.15, 0.2) is 5.78 Å². The first kappa shape index (κ1) is 12.4. The zero-order chi connectivity index (χ0) is 12.3. The van der Waals surface area contributed by atoms with Crippen molar-refractivity contribution in [3.8, 4) is 6.07 Å². The van der Waals surface area contributed by atoms with E-state index in [-0.39, 0.29) is 5.78 Å². The summed E-state index contributed by atoms with van der Waals surface area (Å²) in [6, 6.07) is 5.96. The lowest BCUT2D eigenvalue weighted by Crippen LogP contribution is -2.13. The number of carbonyl (C=O) groups excluding carboxylic acids is 1. The van der Waals surface area contributed by atoms with Crippen LogP contribution < -0.4 is 0 Å². The first-order valence-corrected chi connectivity index (χ1v) is 5.53. The monoisotopic (exact) mass is 215 g/mol. The number of hydrogen-bond donors (Lipinski definition) is 0. The topological polar surface area (TPSA) is 40.9 Å². The lowest BCUT2D eigenvalue weighted by atomic mass is 9.91. The van der Waals surface area contributed by atoms with E-state index in [4.69, 9.17) is 5.26 Å². The second-order valence-electron chi connectivity index (χ2n) is 4.21. The molecule has 0 aliphatic rings. The molecule has 1 rings (SSSR count). The highest BCUT2D eigenvalue weighted by atomic mass is 16.1. The van der Waals surface area contributed by atoms with Gasteiger partial charge in [-0.1, -0.05) is 13.0 Å². The molecule has 1 aromatic carbocycles. The summed E-state index contributed by atoms with van der Waals surface area (Å²) in [7, 11) is 0. The van der Waals surface area contributed by atoms with E-state index < -0.39 is 5.92 Å². The highest BCUT2D eigenvalue weighted by molar-refractivity contribution is 6.00. The van der Waals surface area contributed by atoms with E-state index in [1.165, 1.54) is 5.56 Å². The Morgan fingerprint density at radius 2 is 1.81 bits per heavy atom. The third-order valence-electron chi connectivity index (χ3n) is 2.99. The second-order valence-corrected chi connectivity index (χ2v) is 4.21. The molecule has 0 aromatic heterocycles. The van der Waals surface area contributed by atoms with Crippen LogP contribution in [0.25, 0.3) is 0 Å². The summed E-state index contributed by atoms with van der Waals surface area (Å²) in [5.74, 6) is -0.564. The molecule has 0 aliphatic carbocycles. The normalized spacial score (nSPS) is 11.9. The van der Waals surface area contributed by atoms with Crippen LogP contribution in [0.4, 0.5) is 0 Å². The van der Waals surface area contributed by atoms with E-state index in [0.29, 0.717) is 12.0 Å². The average Bonchev–Trinajstić information content (AvgIpc) is 2.25. The lowest BCUT2D eigenvalue weighted by molar-refractivity contribution is 0.0946. The molecule has 16 heavy (non-hydrogen) atoms. The van der Waals surface area contributed by atoms with E-state index in [9.17, 15) is 4.79 Å². The van der Waals surface area contributed by atoms with Crippen molar-refractivity contribution in [2.75, 3.05) is 0 Å². The smallest absolute Gasteiger partial charge is 0.180 e. The minimum atomic E-state index is -0.513. The standard InChI is InChI=1S/C14H17NO/c1-5-12(8-15)14(16)13-7-10(3)9(2)6-11(13)4/h6-7,12H,5H2,1-4H3. The fourth-order valence-electron chi connectivity index (χ4n) is 1.75. The van der Waals surface area contributed by atoms with Crippen LogP contribution in [0.1, 0.15) is 40.4 Å². The predicted octanol–water partition coefficient (Wildman–Crippen LogP) is 3.34. The first-order chi connectivity index (χ1) is 7.51. The minimum absolute atomic E-state index is 0.0504. The van der Waals surface area contributed by atoms with Gasteiger partial charge >= 0.3 is 0 Å². The Morgan fingerprint density at radius 1 is 1.25 bits per heavy atom. The highest BCUT2D eigenvalue weighted by Crippen LogP contribution is 2.19. The number of hydrogen-bond acceptors (Lipinski definition) is 2. The van der Waals surface area contributed by atoms with E-state index in [0.717, 1.165) is 11.1 Å². The Bertz CT molecular complexity index is 455. The molecule has 1 unspecified atom stereocenters. The molecule has 84 valence electrons. The van der Waals surface area contributed by atoms with Crippen molar-refractivity contribution in [1.82, 2.24) is 0 Å². The molecule has 0 heterocycles. The maximum Gasteiger partial charge on any atom is 0.180 e. The molecule has 0 N–H and O–H groups in total. The number of benzene rings is 1.